The molecule has 0 saturated heterocycles. The minimum atomic E-state index is 0.593. The van der Waals surface area contributed by atoms with Crippen LogP contribution in [-0.4, -0.2) is 24.8 Å². The summed E-state index contributed by atoms with van der Waals surface area (Å²) in [5.41, 5.74) is 4.54. The van der Waals surface area contributed by atoms with Gasteiger partial charge in [-0.15, -0.1) is 0 Å². The van der Waals surface area contributed by atoms with Crippen molar-refractivity contribution in [3.8, 4) is 11.3 Å². The first-order valence-electron chi connectivity index (χ1n) is 6.98. The van der Waals surface area contributed by atoms with Crippen molar-refractivity contribution in [2.75, 3.05) is 0 Å². The van der Waals surface area contributed by atoms with E-state index in [1.165, 1.54) is 0 Å². The second kappa shape index (κ2) is 5.68. The predicted molar refractivity (Wildman–Crippen MR) is 89.8 cm³/mol. The number of imidazole rings is 1. The number of halogens is 2. The van der Waals surface area contributed by atoms with E-state index in [9.17, 15) is 0 Å². The molecule has 0 bridgehead atoms. The zero-order valence-corrected chi connectivity index (χ0v) is 13.4. The van der Waals surface area contributed by atoms with Gasteiger partial charge in [-0.1, -0.05) is 35.3 Å². The van der Waals surface area contributed by atoms with Gasteiger partial charge in [0.2, 0.25) is 0 Å². The lowest BCUT2D eigenvalue weighted by atomic mass is 10.1. The number of nitrogens with zero attached hydrogens (tertiary/aromatic N) is 4. The molecule has 0 fully saturated rings. The molecule has 0 aliphatic rings. The topological polar surface area (TPSA) is 58.9 Å². The van der Waals surface area contributed by atoms with Crippen molar-refractivity contribution in [1.29, 1.82) is 0 Å². The number of aromatic amines is 1. The number of nitrogens with one attached hydrogen (secondary N) is 1. The summed E-state index contributed by atoms with van der Waals surface area (Å²) in [4.78, 5) is 4.74. The van der Waals surface area contributed by atoms with Gasteiger partial charge >= 0.3 is 0 Å². The van der Waals surface area contributed by atoms with E-state index in [-0.39, 0.29) is 0 Å². The molecule has 0 aliphatic heterocycles. The van der Waals surface area contributed by atoms with Crippen molar-refractivity contribution >= 4 is 28.8 Å². The van der Waals surface area contributed by atoms with Gasteiger partial charge < -0.3 is 4.40 Å². The Morgan fingerprint density at radius 3 is 2.52 bits per heavy atom. The van der Waals surface area contributed by atoms with Crippen molar-refractivity contribution in [3.05, 3.63) is 70.2 Å². The Morgan fingerprint density at radius 2 is 1.78 bits per heavy atom. The van der Waals surface area contributed by atoms with E-state index in [1.807, 2.05) is 47.0 Å². The molecule has 23 heavy (non-hydrogen) atoms. The molecule has 7 heteroatoms. The molecule has 0 saturated carbocycles. The van der Waals surface area contributed by atoms with Crippen molar-refractivity contribution < 1.29 is 0 Å². The van der Waals surface area contributed by atoms with Gasteiger partial charge in [-0.05, 0) is 24.3 Å². The molecule has 1 aromatic carbocycles. The maximum Gasteiger partial charge on any atom is 0.137 e. The van der Waals surface area contributed by atoms with Crippen LogP contribution < -0.4 is 0 Å². The summed E-state index contributed by atoms with van der Waals surface area (Å²) in [5.74, 6) is 0. The van der Waals surface area contributed by atoms with E-state index in [4.69, 9.17) is 28.2 Å². The number of rotatable bonds is 3. The van der Waals surface area contributed by atoms with Crippen LogP contribution in [0.3, 0.4) is 0 Å². The second-order valence-electron chi connectivity index (χ2n) is 5.13. The van der Waals surface area contributed by atoms with Crippen LogP contribution in [0.5, 0.6) is 0 Å². The van der Waals surface area contributed by atoms with Crippen LogP contribution in [0.15, 0.2) is 48.8 Å². The molecule has 0 aliphatic carbocycles. The first-order chi connectivity index (χ1) is 11.2. The first kappa shape index (κ1) is 14.2. The molecular formula is C16H11Cl2N5. The molecule has 0 spiro atoms. The molecule has 114 valence electrons. The minimum Gasteiger partial charge on any atom is -0.302 e. The number of H-pyrrole nitrogens is 1. The summed E-state index contributed by atoms with van der Waals surface area (Å²) in [7, 11) is 0. The Hall–Kier alpha value is -2.37. The van der Waals surface area contributed by atoms with E-state index in [0.29, 0.717) is 16.5 Å². The fourth-order valence-corrected chi connectivity index (χ4v) is 2.84. The maximum absolute atomic E-state index is 6.15. The summed E-state index contributed by atoms with van der Waals surface area (Å²) < 4.78 is 1.99. The quantitative estimate of drug-likeness (QED) is 0.611. The normalized spacial score (nSPS) is 11.2. The first-order valence-corrected chi connectivity index (χ1v) is 7.73. The van der Waals surface area contributed by atoms with Gasteiger partial charge in [0, 0.05) is 23.2 Å². The van der Waals surface area contributed by atoms with Crippen molar-refractivity contribution in [1.82, 2.24) is 24.8 Å². The van der Waals surface area contributed by atoms with Gasteiger partial charge in [0.05, 0.1) is 28.3 Å². The zero-order valence-electron chi connectivity index (χ0n) is 11.9. The average Bonchev–Trinajstić information content (AvgIpc) is 3.17. The monoisotopic (exact) mass is 343 g/mol. The highest BCUT2D eigenvalue weighted by molar-refractivity contribution is 6.30. The Labute approximate surface area is 141 Å². The molecule has 1 N–H and O–H groups in total. The van der Waals surface area contributed by atoms with E-state index >= 15 is 0 Å². The highest BCUT2D eigenvalue weighted by Gasteiger charge is 2.16. The smallest absolute Gasteiger partial charge is 0.137 e. The SMILES string of the molecule is Clc1ccc(-c2nc3ccc(Cl)cn3c2Cc2cn[nH]n2)cc1. The zero-order chi connectivity index (χ0) is 15.8. The number of aromatic nitrogens is 5. The third kappa shape index (κ3) is 2.69. The molecular weight excluding hydrogens is 333 g/mol. The third-order valence-electron chi connectivity index (χ3n) is 3.61. The summed E-state index contributed by atoms with van der Waals surface area (Å²) in [5, 5.41) is 12.0. The standard InChI is InChI=1S/C16H11Cl2N5/c17-11-3-1-10(2-4-11)16-14(7-13-8-19-22-21-13)23-9-12(18)5-6-15(23)20-16/h1-6,8-9H,7H2,(H,19,21,22). The van der Waals surface area contributed by atoms with E-state index in [0.717, 1.165) is 28.3 Å². The van der Waals surface area contributed by atoms with Crippen LogP contribution in [0.2, 0.25) is 10.0 Å². The van der Waals surface area contributed by atoms with Gasteiger partial charge in [0.1, 0.15) is 5.65 Å². The van der Waals surface area contributed by atoms with E-state index in [2.05, 4.69) is 15.4 Å². The van der Waals surface area contributed by atoms with Crippen molar-refractivity contribution in [2.24, 2.45) is 0 Å². The van der Waals surface area contributed by atoms with Crippen LogP contribution >= 0.6 is 23.2 Å². The number of hydrogen-bond acceptors (Lipinski definition) is 3. The predicted octanol–water partition coefficient (Wildman–Crippen LogP) is 4.02. The molecule has 0 amide bonds. The lowest BCUT2D eigenvalue weighted by molar-refractivity contribution is 0.904. The largest absolute Gasteiger partial charge is 0.302 e. The van der Waals surface area contributed by atoms with Crippen LogP contribution in [-0.2, 0) is 6.42 Å². The van der Waals surface area contributed by atoms with Crippen LogP contribution in [0, 0.1) is 0 Å². The molecule has 0 atom stereocenters. The Bertz CT molecular complexity index is 958. The van der Waals surface area contributed by atoms with Gasteiger partial charge in [0.15, 0.2) is 0 Å². The second-order valence-corrected chi connectivity index (χ2v) is 6.00. The Balaban J connectivity index is 1.93. The van der Waals surface area contributed by atoms with Crippen LogP contribution in [0.4, 0.5) is 0 Å². The van der Waals surface area contributed by atoms with Gasteiger partial charge in [-0.2, -0.15) is 15.4 Å². The summed E-state index contributed by atoms with van der Waals surface area (Å²) in [6, 6.07) is 11.3. The highest BCUT2D eigenvalue weighted by atomic mass is 35.5. The highest BCUT2D eigenvalue weighted by Crippen LogP contribution is 2.28. The van der Waals surface area contributed by atoms with Gasteiger partial charge in [-0.25, -0.2) is 4.98 Å². The molecule has 3 aromatic heterocycles. The average molecular weight is 344 g/mol. The fourth-order valence-electron chi connectivity index (χ4n) is 2.56. The lowest BCUT2D eigenvalue weighted by Crippen LogP contribution is -1.97. The van der Waals surface area contributed by atoms with E-state index < -0.39 is 0 Å². The summed E-state index contributed by atoms with van der Waals surface area (Å²) in [6.07, 6.45) is 4.16. The number of benzene rings is 1. The number of hydrogen-bond donors (Lipinski definition) is 1. The maximum atomic E-state index is 6.15. The van der Waals surface area contributed by atoms with E-state index in [1.54, 1.807) is 6.20 Å². The van der Waals surface area contributed by atoms with Gasteiger partial charge in [-0.3, -0.25) is 0 Å². The number of fused-ring (bicyclic) bond motifs is 1. The Kier molecular flexibility index (Phi) is 3.52. The molecule has 4 rings (SSSR count). The molecule has 0 unspecified atom stereocenters. The molecule has 5 nitrogen and oxygen atoms in total. The molecule has 4 aromatic rings. The van der Waals surface area contributed by atoms with Crippen LogP contribution in [0.1, 0.15) is 11.4 Å². The summed E-state index contributed by atoms with van der Waals surface area (Å²) in [6.45, 7) is 0. The van der Waals surface area contributed by atoms with Crippen LogP contribution in [0.25, 0.3) is 16.9 Å². The number of pyridine rings is 1. The van der Waals surface area contributed by atoms with Crippen molar-refractivity contribution in [2.45, 2.75) is 6.42 Å². The molecule has 0 radical (unpaired) electrons. The summed E-state index contributed by atoms with van der Waals surface area (Å²) >= 11 is 12.1. The van der Waals surface area contributed by atoms with Crippen molar-refractivity contribution in [3.63, 3.8) is 0 Å². The Morgan fingerprint density at radius 1 is 1.00 bits per heavy atom. The minimum absolute atomic E-state index is 0.593. The van der Waals surface area contributed by atoms with Gasteiger partial charge in [0.25, 0.3) is 0 Å². The molecule has 3 heterocycles. The fraction of sp³-hybridized carbons (Fsp3) is 0.0625. The lowest BCUT2D eigenvalue weighted by Gasteiger charge is -2.04. The third-order valence-corrected chi connectivity index (χ3v) is 4.09.